The maximum absolute atomic E-state index is 12.1. The van der Waals surface area contributed by atoms with Crippen LogP contribution in [0.3, 0.4) is 0 Å². The molecule has 2 amide bonds. The molecule has 2 aromatic heterocycles. The lowest BCUT2D eigenvalue weighted by Crippen LogP contribution is -2.30. The number of anilines is 1. The summed E-state index contributed by atoms with van der Waals surface area (Å²) in [5.74, 6) is 0.680. The van der Waals surface area contributed by atoms with E-state index in [1.54, 1.807) is 18.1 Å². The van der Waals surface area contributed by atoms with Gasteiger partial charge >= 0.3 is 6.03 Å². The fourth-order valence-corrected chi connectivity index (χ4v) is 3.00. The number of imidazole rings is 1. The Hall–Kier alpha value is -2.62. The zero-order valence-corrected chi connectivity index (χ0v) is 14.4. The molecule has 3 N–H and O–H groups in total. The van der Waals surface area contributed by atoms with Crippen LogP contribution in [-0.2, 0) is 7.05 Å². The van der Waals surface area contributed by atoms with E-state index in [0.29, 0.717) is 17.5 Å². The first-order chi connectivity index (χ1) is 11.6. The Morgan fingerprint density at radius 2 is 2.21 bits per heavy atom. The summed E-state index contributed by atoms with van der Waals surface area (Å²) in [7, 11) is 1.78. The highest BCUT2D eigenvalue weighted by Gasteiger charge is 2.11. The van der Waals surface area contributed by atoms with E-state index in [0.717, 1.165) is 27.8 Å². The van der Waals surface area contributed by atoms with E-state index in [4.69, 9.17) is 0 Å². The van der Waals surface area contributed by atoms with E-state index in [1.165, 1.54) is 11.8 Å². The van der Waals surface area contributed by atoms with E-state index in [1.807, 2.05) is 19.9 Å². The predicted octanol–water partition coefficient (Wildman–Crippen LogP) is 1.62. The number of thioether (sulfide) groups is 1. The quantitative estimate of drug-likeness (QED) is 0.478. The molecule has 0 bridgehead atoms. The highest BCUT2D eigenvalue weighted by molar-refractivity contribution is 7.99. The second kappa shape index (κ2) is 6.87. The molecule has 0 fully saturated rings. The Balaban J connectivity index is 1.55. The first kappa shape index (κ1) is 16.2. The molecule has 10 heteroatoms. The minimum atomic E-state index is -0.243. The number of rotatable bonds is 5. The smallest absolute Gasteiger partial charge is 0.319 e. The van der Waals surface area contributed by atoms with Crippen LogP contribution in [0, 0.1) is 13.8 Å². The van der Waals surface area contributed by atoms with Crippen molar-refractivity contribution in [3.63, 3.8) is 0 Å². The van der Waals surface area contributed by atoms with E-state index < -0.39 is 0 Å². The van der Waals surface area contributed by atoms with Crippen LogP contribution < -0.4 is 10.6 Å². The van der Waals surface area contributed by atoms with Gasteiger partial charge in [-0.3, -0.25) is 0 Å². The van der Waals surface area contributed by atoms with Gasteiger partial charge in [-0.1, -0.05) is 11.8 Å². The number of amides is 2. The molecule has 2 heterocycles. The van der Waals surface area contributed by atoms with Crippen molar-refractivity contribution in [2.75, 3.05) is 17.6 Å². The molecule has 1 aromatic carbocycles. The summed E-state index contributed by atoms with van der Waals surface area (Å²) >= 11 is 1.48. The molecule has 0 aliphatic carbocycles. The number of hydrogen-bond donors (Lipinski definition) is 3. The number of carbonyl (C=O) groups excluding carboxylic acids is 1. The molecule has 0 saturated carbocycles. The van der Waals surface area contributed by atoms with Crippen molar-refractivity contribution in [3.8, 4) is 0 Å². The van der Waals surface area contributed by atoms with E-state index in [2.05, 4.69) is 36.1 Å². The van der Waals surface area contributed by atoms with Crippen molar-refractivity contribution in [3.05, 3.63) is 23.5 Å². The van der Waals surface area contributed by atoms with Gasteiger partial charge in [-0.05, 0) is 41.5 Å². The number of carbonyl (C=O) groups is 1. The molecule has 0 radical (unpaired) electrons. The number of aromatic nitrogens is 6. The van der Waals surface area contributed by atoms with Gasteiger partial charge in [0.1, 0.15) is 0 Å². The van der Waals surface area contributed by atoms with Crippen molar-refractivity contribution < 1.29 is 4.79 Å². The lowest BCUT2D eigenvalue weighted by Gasteiger charge is -2.12. The van der Waals surface area contributed by atoms with Gasteiger partial charge in [0.2, 0.25) is 5.16 Å². The van der Waals surface area contributed by atoms with Gasteiger partial charge in [0.05, 0.1) is 17.4 Å². The fourth-order valence-electron chi connectivity index (χ4n) is 2.29. The number of tetrazole rings is 1. The molecule has 0 saturated heterocycles. The minimum Gasteiger partial charge on any atom is -0.345 e. The standard InChI is InChI=1S/C14H18N8OS/c1-8-9(2)12-11(16-7-17-12)6-10(8)18-13(23)15-4-5-24-14-19-20-21-22(14)3/h6-7H,4-5H2,1-3H3,(H,16,17)(H2,15,18,23). The topological polar surface area (TPSA) is 113 Å². The van der Waals surface area contributed by atoms with Crippen molar-refractivity contribution in [2.45, 2.75) is 19.0 Å². The van der Waals surface area contributed by atoms with Crippen LogP contribution in [0.15, 0.2) is 17.6 Å². The number of hydrogen-bond acceptors (Lipinski definition) is 6. The number of fused-ring (bicyclic) bond motifs is 1. The molecule has 0 aliphatic heterocycles. The van der Waals surface area contributed by atoms with Gasteiger partial charge in [-0.25, -0.2) is 14.5 Å². The molecule has 0 spiro atoms. The Morgan fingerprint density at radius 1 is 1.38 bits per heavy atom. The van der Waals surface area contributed by atoms with Crippen molar-refractivity contribution >= 4 is 34.5 Å². The molecule has 9 nitrogen and oxygen atoms in total. The minimum absolute atomic E-state index is 0.243. The summed E-state index contributed by atoms with van der Waals surface area (Å²) in [5, 5.41) is 17.6. The lowest BCUT2D eigenvalue weighted by molar-refractivity contribution is 0.252. The second-order valence-corrected chi connectivity index (χ2v) is 6.35. The first-order valence-electron chi connectivity index (χ1n) is 7.39. The van der Waals surface area contributed by atoms with E-state index in [9.17, 15) is 4.79 Å². The summed E-state index contributed by atoms with van der Waals surface area (Å²) in [5.41, 5.74) is 4.65. The molecular weight excluding hydrogens is 328 g/mol. The number of urea groups is 1. The zero-order chi connectivity index (χ0) is 17.1. The highest BCUT2D eigenvalue weighted by atomic mass is 32.2. The van der Waals surface area contributed by atoms with Crippen molar-refractivity contribution in [1.82, 2.24) is 35.5 Å². The summed E-state index contributed by atoms with van der Waals surface area (Å²) in [6.45, 7) is 4.47. The Labute approximate surface area is 142 Å². The van der Waals surface area contributed by atoms with Crippen LogP contribution in [0.1, 0.15) is 11.1 Å². The largest absolute Gasteiger partial charge is 0.345 e. The molecule has 3 rings (SSSR count). The van der Waals surface area contributed by atoms with Crippen LogP contribution in [0.2, 0.25) is 0 Å². The third kappa shape index (κ3) is 3.32. The lowest BCUT2D eigenvalue weighted by atomic mass is 10.1. The second-order valence-electron chi connectivity index (χ2n) is 5.29. The monoisotopic (exact) mass is 346 g/mol. The molecule has 0 atom stereocenters. The third-order valence-corrected chi connectivity index (χ3v) is 4.74. The Morgan fingerprint density at radius 3 is 2.96 bits per heavy atom. The van der Waals surface area contributed by atoms with Gasteiger partial charge in [-0.2, -0.15) is 0 Å². The van der Waals surface area contributed by atoms with E-state index in [-0.39, 0.29) is 6.03 Å². The summed E-state index contributed by atoms with van der Waals surface area (Å²) in [6.07, 6.45) is 1.65. The molecule has 3 aromatic rings. The summed E-state index contributed by atoms with van der Waals surface area (Å²) in [4.78, 5) is 19.4. The third-order valence-electron chi connectivity index (χ3n) is 3.73. The highest BCUT2D eigenvalue weighted by Crippen LogP contribution is 2.26. The summed E-state index contributed by atoms with van der Waals surface area (Å²) < 4.78 is 1.59. The van der Waals surface area contributed by atoms with Gasteiger partial charge < -0.3 is 15.6 Å². The van der Waals surface area contributed by atoms with Gasteiger partial charge in [0.15, 0.2) is 0 Å². The number of nitrogens with zero attached hydrogens (tertiary/aromatic N) is 5. The SMILES string of the molecule is Cc1c(NC(=O)NCCSc2nnnn2C)cc2[nH]cnc2c1C. The van der Waals surface area contributed by atoms with Gasteiger partial charge in [0.25, 0.3) is 0 Å². The predicted molar refractivity (Wildman–Crippen MR) is 92.1 cm³/mol. The molecule has 0 aliphatic rings. The van der Waals surface area contributed by atoms with Crippen LogP contribution >= 0.6 is 11.8 Å². The molecule has 24 heavy (non-hydrogen) atoms. The first-order valence-corrected chi connectivity index (χ1v) is 8.38. The normalized spacial score (nSPS) is 11.0. The van der Waals surface area contributed by atoms with Gasteiger partial charge in [-0.15, -0.1) is 5.10 Å². The van der Waals surface area contributed by atoms with Gasteiger partial charge in [0, 0.05) is 25.0 Å². The number of benzene rings is 1. The maximum atomic E-state index is 12.1. The van der Waals surface area contributed by atoms with Crippen molar-refractivity contribution in [1.29, 1.82) is 0 Å². The number of nitrogens with one attached hydrogen (secondary N) is 3. The number of H-pyrrole nitrogens is 1. The van der Waals surface area contributed by atoms with E-state index >= 15 is 0 Å². The fraction of sp³-hybridized carbons (Fsp3) is 0.357. The maximum Gasteiger partial charge on any atom is 0.319 e. The zero-order valence-electron chi connectivity index (χ0n) is 13.6. The van der Waals surface area contributed by atoms with Crippen molar-refractivity contribution in [2.24, 2.45) is 7.05 Å². The van der Waals surface area contributed by atoms with Crippen LogP contribution in [0.5, 0.6) is 0 Å². The van der Waals surface area contributed by atoms with Crippen LogP contribution in [0.25, 0.3) is 11.0 Å². The molecule has 0 unspecified atom stereocenters. The Bertz CT molecular complexity index is 871. The Kier molecular flexibility index (Phi) is 4.65. The number of aryl methyl sites for hydroxylation is 2. The average molecular weight is 346 g/mol. The number of aromatic amines is 1. The molecule has 126 valence electrons. The molecular formula is C14H18N8OS. The van der Waals surface area contributed by atoms with Crippen LogP contribution in [0.4, 0.5) is 10.5 Å². The summed E-state index contributed by atoms with van der Waals surface area (Å²) in [6, 6.07) is 1.65. The average Bonchev–Trinajstić information content (AvgIpc) is 3.18. The van der Waals surface area contributed by atoms with Crippen LogP contribution in [-0.4, -0.2) is 48.5 Å².